The van der Waals surface area contributed by atoms with E-state index in [1.54, 1.807) is 18.0 Å². The maximum Gasteiger partial charge on any atom is 0.254 e. The predicted molar refractivity (Wildman–Crippen MR) is 88.6 cm³/mol. The average Bonchev–Trinajstić information content (AvgIpc) is 3.26. The number of fused-ring (bicyclic) bond motifs is 1. The molecule has 2 heterocycles. The molecule has 1 fully saturated rings. The molecule has 6 nitrogen and oxygen atoms in total. The van der Waals surface area contributed by atoms with Gasteiger partial charge in [-0.3, -0.25) is 0 Å². The van der Waals surface area contributed by atoms with Crippen LogP contribution in [0.2, 0.25) is 0 Å². The van der Waals surface area contributed by atoms with E-state index in [1.165, 1.54) is 25.7 Å². The van der Waals surface area contributed by atoms with Gasteiger partial charge in [0.15, 0.2) is 0 Å². The first-order valence-electron chi connectivity index (χ1n) is 7.95. The molecule has 1 aliphatic carbocycles. The van der Waals surface area contributed by atoms with Crippen LogP contribution >= 0.6 is 0 Å². The van der Waals surface area contributed by atoms with Gasteiger partial charge in [0, 0.05) is 17.8 Å². The Balaban J connectivity index is 1.80. The Hall–Kier alpha value is -2.63. The molecule has 1 aromatic carbocycles. The Morgan fingerprint density at radius 1 is 1.13 bits per heavy atom. The number of aromatic nitrogens is 4. The van der Waals surface area contributed by atoms with Crippen molar-refractivity contribution in [2.45, 2.75) is 31.7 Å². The number of nitrogens with zero attached hydrogens (tertiary/aromatic N) is 4. The van der Waals surface area contributed by atoms with Crippen molar-refractivity contribution in [1.82, 2.24) is 19.6 Å². The van der Waals surface area contributed by atoms with Crippen LogP contribution < -0.4 is 10.1 Å². The number of ether oxygens (including phenoxy) is 1. The van der Waals surface area contributed by atoms with E-state index in [-0.39, 0.29) is 0 Å². The van der Waals surface area contributed by atoms with E-state index < -0.39 is 0 Å². The fourth-order valence-electron chi connectivity index (χ4n) is 3.16. The third-order valence-electron chi connectivity index (χ3n) is 4.40. The van der Waals surface area contributed by atoms with Crippen LogP contribution in [0.15, 0.2) is 36.8 Å². The zero-order valence-corrected chi connectivity index (χ0v) is 13.1. The minimum absolute atomic E-state index is 0.488. The minimum Gasteiger partial charge on any atom is -0.497 e. The lowest BCUT2D eigenvalue weighted by Crippen LogP contribution is -2.18. The first kappa shape index (κ1) is 14.0. The van der Waals surface area contributed by atoms with Crippen molar-refractivity contribution < 1.29 is 4.74 Å². The maximum absolute atomic E-state index is 5.24. The zero-order chi connectivity index (χ0) is 15.6. The third kappa shape index (κ3) is 2.60. The molecule has 1 saturated carbocycles. The molecule has 0 unspecified atom stereocenters. The summed E-state index contributed by atoms with van der Waals surface area (Å²) >= 11 is 0. The van der Waals surface area contributed by atoms with Gasteiger partial charge in [0.05, 0.1) is 7.11 Å². The van der Waals surface area contributed by atoms with Crippen LogP contribution in [0, 0.1) is 0 Å². The highest BCUT2D eigenvalue weighted by atomic mass is 16.5. The molecule has 118 valence electrons. The largest absolute Gasteiger partial charge is 0.497 e. The highest BCUT2D eigenvalue weighted by Crippen LogP contribution is 2.31. The summed E-state index contributed by atoms with van der Waals surface area (Å²) in [6.45, 7) is 0. The number of hydrogen-bond acceptors (Lipinski definition) is 5. The topological polar surface area (TPSA) is 64.3 Å². The Labute approximate surface area is 134 Å². The standard InChI is InChI=1S/C17H19N5O/c1-23-14-8-6-12(7-9-14)15-10-18-17-19-11-20-22(17)16(15)21-13-4-2-3-5-13/h6-11,13,21H,2-5H2,1H3. The van der Waals surface area contributed by atoms with Crippen molar-refractivity contribution in [3.63, 3.8) is 0 Å². The summed E-state index contributed by atoms with van der Waals surface area (Å²) in [5.41, 5.74) is 2.11. The SMILES string of the molecule is COc1ccc(-c2cnc3ncnn3c2NC2CCCC2)cc1. The summed E-state index contributed by atoms with van der Waals surface area (Å²) in [6.07, 6.45) is 8.35. The van der Waals surface area contributed by atoms with Gasteiger partial charge in [-0.05, 0) is 30.5 Å². The molecule has 1 N–H and O–H groups in total. The van der Waals surface area contributed by atoms with E-state index in [0.717, 1.165) is 22.7 Å². The molecule has 4 rings (SSSR count). The van der Waals surface area contributed by atoms with Gasteiger partial charge in [0.1, 0.15) is 17.9 Å². The molecule has 0 aliphatic heterocycles. The van der Waals surface area contributed by atoms with Crippen LogP contribution in [0.1, 0.15) is 25.7 Å². The van der Waals surface area contributed by atoms with Gasteiger partial charge in [-0.1, -0.05) is 25.0 Å². The number of methoxy groups -OCH3 is 1. The monoisotopic (exact) mass is 309 g/mol. The van der Waals surface area contributed by atoms with Crippen LogP contribution in [-0.2, 0) is 0 Å². The van der Waals surface area contributed by atoms with Crippen molar-refractivity contribution in [3.05, 3.63) is 36.8 Å². The molecule has 1 aliphatic rings. The van der Waals surface area contributed by atoms with E-state index in [4.69, 9.17) is 4.74 Å². The normalized spacial score (nSPS) is 15.2. The molecule has 23 heavy (non-hydrogen) atoms. The van der Waals surface area contributed by atoms with E-state index in [2.05, 4.69) is 20.4 Å². The van der Waals surface area contributed by atoms with Crippen LogP contribution in [0.5, 0.6) is 5.75 Å². The van der Waals surface area contributed by atoms with Gasteiger partial charge >= 0.3 is 0 Å². The summed E-state index contributed by atoms with van der Waals surface area (Å²) in [7, 11) is 1.67. The average molecular weight is 309 g/mol. The van der Waals surface area contributed by atoms with Crippen molar-refractivity contribution in [3.8, 4) is 16.9 Å². The molecular weight excluding hydrogens is 290 g/mol. The molecule has 0 saturated heterocycles. The van der Waals surface area contributed by atoms with Gasteiger partial charge in [0.2, 0.25) is 0 Å². The number of rotatable bonds is 4. The fraction of sp³-hybridized carbons (Fsp3) is 0.353. The molecular formula is C17H19N5O. The second-order valence-electron chi connectivity index (χ2n) is 5.85. The molecule has 2 aromatic heterocycles. The lowest BCUT2D eigenvalue weighted by molar-refractivity contribution is 0.415. The Morgan fingerprint density at radius 3 is 2.65 bits per heavy atom. The summed E-state index contributed by atoms with van der Waals surface area (Å²) < 4.78 is 7.03. The number of benzene rings is 1. The van der Waals surface area contributed by atoms with Crippen LogP contribution in [-0.4, -0.2) is 32.7 Å². The lowest BCUT2D eigenvalue weighted by Gasteiger charge is -2.17. The highest BCUT2D eigenvalue weighted by molar-refractivity contribution is 5.76. The van der Waals surface area contributed by atoms with E-state index in [9.17, 15) is 0 Å². The van der Waals surface area contributed by atoms with Crippen LogP contribution in [0.25, 0.3) is 16.9 Å². The van der Waals surface area contributed by atoms with Crippen molar-refractivity contribution in [1.29, 1.82) is 0 Å². The molecule has 0 bridgehead atoms. The van der Waals surface area contributed by atoms with E-state index >= 15 is 0 Å². The van der Waals surface area contributed by atoms with Crippen molar-refractivity contribution >= 4 is 11.6 Å². The van der Waals surface area contributed by atoms with Crippen LogP contribution in [0.4, 0.5) is 5.82 Å². The van der Waals surface area contributed by atoms with E-state index in [0.29, 0.717) is 11.8 Å². The summed E-state index contributed by atoms with van der Waals surface area (Å²) in [5, 5.41) is 7.99. The smallest absolute Gasteiger partial charge is 0.254 e. The lowest BCUT2D eigenvalue weighted by atomic mass is 10.1. The predicted octanol–water partition coefficient (Wildman–Crippen LogP) is 3.15. The molecule has 0 spiro atoms. The van der Waals surface area contributed by atoms with Crippen molar-refractivity contribution in [2.24, 2.45) is 0 Å². The molecule has 6 heteroatoms. The molecule has 0 atom stereocenters. The first-order valence-corrected chi connectivity index (χ1v) is 7.95. The highest BCUT2D eigenvalue weighted by Gasteiger charge is 2.19. The second-order valence-corrected chi connectivity index (χ2v) is 5.85. The first-order chi connectivity index (χ1) is 11.3. The summed E-state index contributed by atoms with van der Waals surface area (Å²) in [4.78, 5) is 8.61. The second kappa shape index (κ2) is 5.87. The summed E-state index contributed by atoms with van der Waals surface area (Å²) in [5.74, 6) is 2.42. The number of anilines is 1. The summed E-state index contributed by atoms with van der Waals surface area (Å²) in [6, 6.07) is 8.49. The zero-order valence-electron chi connectivity index (χ0n) is 13.1. The van der Waals surface area contributed by atoms with Gasteiger partial charge in [-0.15, -0.1) is 0 Å². The van der Waals surface area contributed by atoms with Gasteiger partial charge in [-0.2, -0.15) is 14.6 Å². The molecule has 3 aromatic rings. The van der Waals surface area contributed by atoms with Gasteiger partial charge < -0.3 is 10.1 Å². The molecule has 0 amide bonds. The quantitative estimate of drug-likeness (QED) is 0.802. The fourth-order valence-corrected chi connectivity index (χ4v) is 3.16. The number of nitrogens with one attached hydrogen (secondary N) is 1. The third-order valence-corrected chi connectivity index (χ3v) is 4.40. The minimum atomic E-state index is 0.488. The Bertz CT molecular complexity index is 805. The van der Waals surface area contributed by atoms with Crippen LogP contribution in [0.3, 0.4) is 0 Å². The Morgan fingerprint density at radius 2 is 1.91 bits per heavy atom. The number of hydrogen-bond donors (Lipinski definition) is 1. The maximum atomic E-state index is 5.24. The van der Waals surface area contributed by atoms with E-state index in [1.807, 2.05) is 30.5 Å². The van der Waals surface area contributed by atoms with Crippen molar-refractivity contribution in [2.75, 3.05) is 12.4 Å². The molecule has 0 radical (unpaired) electrons. The van der Waals surface area contributed by atoms with Gasteiger partial charge in [-0.25, -0.2) is 4.98 Å². The van der Waals surface area contributed by atoms with Gasteiger partial charge in [0.25, 0.3) is 5.78 Å². The Kier molecular flexibility index (Phi) is 3.57.